The van der Waals surface area contributed by atoms with Crippen molar-refractivity contribution in [1.29, 1.82) is 0 Å². The first-order chi connectivity index (χ1) is 12.0. The van der Waals surface area contributed by atoms with E-state index < -0.39 is 0 Å². The molecule has 0 aliphatic carbocycles. The van der Waals surface area contributed by atoms with Gasteiger partial charge in [-0.2, -0.15) is 0 Å². The number of aromatic nitrogens is 1. The molecule has 5 nitrogen and oxygen atoms in total. The number of ketones is 1. The smallest absolute Gasteiger partial charge is 0.202 e. The Kier molecular flexibility index (Phi) is 4.08. The summed E-state index contributed by atoms with van der Waals surface area (Å²) in [5.41, 5.74) is 1.38. The van der Waals surface area contributed by atoms with E-state index >= 15 is 0 Å². The molecule has 0 saturated heterocycles. The van der Waals surface area contributed by atoms with Crippen molar-refractivity contribution < 1.29 is 13.9 Å². The summed E-state index contributed by atoms with van der Waals surface area (Å²) in [6.45, 7) is 4.24. The van der Waals surface area contributed by atoms with Crippen molar-refractivity contribution in [2.24, 2.45) is 0 Å². The van der Waals surface area contributed by atoms with Crippen LogP contribution in [0, 0.1) is 0 Å². The molecule has 0 bridgehead atoms. The Morgan fingerprint density at radius 3 is 2.92 bits per heavy atom. The molecular weight excluding hydrogens is 404 g/mol. The average molecular weight is 421 g/mol. The fourth-order valence-corrected chi connectivity index (χ4v) is 4.69. The first kappa shape index (κ1) is 16.6. The summed E-state index contributed by atoms with van der Waals surface area (Å²) in [5, 5.41) is 5.39. The highest BCUT2D eigenvalue weighted by Crippen LogP contribution is 2.46. The highest BCUT2D eigenvalue weighted by atomic mass is 79.9. The number of anilines is 1. The van der Waals surface area contributed by atoms with Crippen LogP contribution >= 0.6 is 27.3 Å². The van der Waals surface area contributed by atoms with Crippen molar-refractivity contribution in [3.8, 4) is 5.75 Å². The number of ether oxygens (including phenoxy) is 1. The molecule has 0 fully saturated rings. The fourth-order valence-electron chi connectivity index (χ4n) is 3.03. The molecule has 1 aromatic carbocycles. The molecule has 0 radical (unpaired) electrons. The van der Waals surface area contributed by atoms with E-state index in [1.807, 2.05) is 18.3 Å². The van der Waals surface area contributed by atoms with E-state index in [0.717, 1.165) is 25.4 Å². The lowest BCUT2D eigenvalue weighted by Gasteiger charge is -2.22. The third-order valence-corrected chi connectivity index (χ3v) is 6.52. The van der Waals surface area contributed by atoms with Crippen LogP contribution in [0.15, 0.2) is 27.2 Å². The van der Waals surface area contributed by atoms with Gasteiger partial charge in [0.05, 0.1) is 33.7 Å². The van der Waals surface area contributed by atoms with Gasteiger partial charge in [-0.15, -0.1) is 11.3 Å². The number of nitrogens with zero attached hydrogens (tertiary/aromatic N) is 1. The second-order valence-electron chi connectivity index (χ2n) is 6.34. The summed E-state index contributed by atoms with van der Waals surface area (Å²) in [5.74, 6) is 1.46. The maximum Gasteiger partial charge on any atom is 0.202 e. The van der Waals surface area contributed by atoms with E-state index in [4.69, 9.17) is 9.15 Å². The Hall–Kier alpha value is -1.86. The summed E-state index contributed by atoms with van der Waals surface area (Å²) in [4.78, 5) is 18.2. The fraction of sp³-hybridized carbons (Fsp3) is 0.333. The number of hydrogen-bond donors (Lipinski definition) is 1. The summed E-state index contributed by atoms with van der Waals surface area (Å²) < 4.78 is 12.0. The molecule has 1 atom stereocenters. The number of nitrogens with one attached hydrogen (secondary N) is 1. The van der Waals surface area contributed by atoms with Gasteiger partial charge in [0.1, 0.15) is 11.3 Å². The van der Waals surface area contributed by atoms with Crippen molar-refractivity contribution in [3.63, 3.8) is 0 Å². The van der Waals surface area contributed by atoms with Gasteiger partial charge in [-0.25, -0.2) is 4.98 Å². The number of carbonyl (C=O) groups is 1. The summed E-state index contributed by atoms with van der Waals surface area (Å²) in [6, 6.07) is 3.55. The lowest BCUT2D eigenvalue weighted by molar-refractivity contribution is 0.0947. The van der Waals surface area contributed by atoms with Crippen LogP contribution in [0.25, 0.3) is 11.0 Å². The minimum Gasteiger partial charge on any atom is -0.496 e. The topological polar surface area (TPSA) is 64.4 Å². The summed E-state index contributed by atoms with van der Waals surface area (Å²) in [6.07, 6.45) is 2.23. The minimum atomic E-state index is -0.0936. The minimum absolute atomic E-state index is 0.000291. The van der Waals surface area contributed by atoms with Crippen molar-refractivity contribution in [2.45, 2.75) is 32.2 Å². The standard InChI is InChI=1S/C18H17BrN2O3S/c1-8(2)18-20-7-13(25-18)9-6-10(22)17-16(21-9)14-11(24-17)4-5-12(23-3)15(14)19/h4-5,7-9,21H,6H2,1-3H3. The number of furan rings is 1. The Morgan fingerprint density at radius 2 is 2.24 bits per heavy atom. The van der Waals surface area contributed by atoms with Crippen LogP contribution in [0.5, 0.6) is 5.75 Å². The van der Waals surface area contributed by atoms with Crippen LogP contribution in [0.1, 0.15) is 52.7 Å². The number of benzene rings is 1. The third-order valence-electron chi connectivity index (χ3n) is 4.32. The lowest BCUT2D eigenvalue weighted by atomic mass is 10.0. The van der Waals surface area contributed by atoms with E-state index in [0.29, 0.717) is 29.4 Å². The molecule has 7 heteroatoms. The SMILES string of the molecule is COc1ccc2oc3c(c2c1Br)NC(c1cnc(C(C)C)s1)CC3=O. The molecule has 1 unspecified atom stereocenters. The van der Waals surface area contributed by atoms with E-state index in [1.165, 1.54) is 0 Å². The Balaban J connectivity index is 1.80. The Morgan fingerprint density at radius 1 is 1.44 bits per heavy atom. The van der Waals surface area contributed by atoms with Gasteiger partial charge >= 0.3 is 0 Å². The number of methoxy groups -OCH3 is 1. The van der Waals surface area contributed by atoms with E-state index in [1.54, 1.807) is 18.4 Å². The second-order valence-corrected chi connectivity index (χ2v) is 8.23. The molecule has 2 aromatic heterocycles. The maximum atomic E-state index is 12.6. The zero-order valence-corrected chi connectivity index (χ0v) is 16.5. The Labute approximate surface area is 157 Å². The van der Waals surface area contributed by atoms with Gasteiger partial charge in [0.25, 0.3) is 0 Å². The number of rotatable bonds is 3. The molecule has 4 rings (SSSR count). The number of fused-ring (bicyclic) bond motifs is 3. The molecule has 0 amide bonds. The molecule has 3 aromatic rings. The highest BCUT2D eigenvalue weighted by molar-refractivity contribution is 9.10. The highest BCUT2D eigenvalue weighted by Gasteiger charge is 2.33. The molecule has 1 N–H and O–H groups in total. The van der Waals surface area contributed by atoms with Gasteiger partial charge in [0.15, 0.2) is 5.76 Å². The number of hydrogen-bond acceptors (Lipinski definition) is 6. The third kappa shape index (κ3) is 2.66. The predicted octanol–water partition coefficient (Wildman–Crippen LogP) is 5.52. The van der Waals surface area contributed by atoms with Crippen LogP contribution < -0.4 is 10.1 Å². The van der Waals surface area contributed by atoms with Gasteiger partial charge in [0, 0.05) is 23.4 Å². The van der Waals surface area contributed by atoms with Crippen LogP contribution in [0.4, 0.5) is 5.69 Å². The average Bonchev–Trinajstić information content (AvgIpc) is 3.20. The summed E-state index contributed by atoms with van der Waals surface area (Å²) >= 11 is 5.22. The van der Waals surface area contributed by atoms with Gasteiger partial charge in [-0.1, -0.05) is 13.8 Å². The number of halogens is 1. The van der Waals surface area contributed by atoms with Crippen molar-refractivity contribution in [1.82, 2.24) is 4.98 Å². The van der Waals surface area contributed by atoms with E-state index in [9.17, 15) is 4.79 Å². The van der Waals surface area contributed by atoms with E-state index in [2.05, 4.69) is 40.1 Å². The molecule has 1 aliphatic heterocycles. The van der Waals surface area contributed by atoms with Crippen LogP contribution in [-0.2, 0) is 0 Å². The first-order valence-corrected chi connectivity index (χ1v) is 9.65. The Bertz CT molecular complexity index is 976. The van der Waals surface area contributed by atoms with Crippen LogP contribution in [0.2, 0.25) is 0 Å². The molecule has 0 spiro atoms. The molecule has 1 aliphatic rings. The largest absolute Gasteiger partial charge is 0.496 e. The molecule has 25 heavy (non-hydrogen) atoms. The van der Waals surface area contributed by atoms with E-state index in [-0.39, 0.29) is 11.8 Å². The zero-order chi connectivity index (χ0) is 17.7. The van der Waals surface area contributed by atoms with Gasteiger partial charge in [-0.05, 0) is 28.1 Å². The molecular formula is C18H17BrN2O3S. The van der Waals surface area contributed by atoms with Crippen molar-refractivity contribution in [2.75, 3.05) is 12.4 Å². The first-order valence-electron chi connectivity index (χ1n) is 8.04. The molecule has 130 valence electrons. The van der Waals surface area contributed by atoms with Crippen LogP contribution in [0.3, 0.4) is 0 Å². The second kappa shape index (κ2) is 6.14. The maximum absolute atomic E-state index is 12.6. The predicted molar refractivity (Wildman–Crippen MR) is 102 cm³/mol. The molecule has 3 heterocycles. The van der Waals surface area contributed by atoms with Gasteiger partial charge < -0.3 is 14.5 Å². The zero-order valence-electron chi connectivity index (χ0n) is 14.1. The number of thiazole rings is 1. The van der Waals surface area contributed by atoms with Gasteiger partial charge in [-0.3, -0.25) is 4.79 Å². The molecule has 0 saturated carbocycles. The number of carbonyl (C=O) groups excluding carboxylic acids is 1. The van der Waals surface area contributed by atoms with Gasteiger partial charge in [0.2, 0.25) is 5.78 Å². The van der Waals surface area contributed by atoms with Crippen LogP contribution in [-0.4, -0.2) is 17.9 Å². The van der Waals surface area contributed by atoms with Crippen molar-refractivity contribution >= 4 is 49.7 Å². The normalized spacial score (nSPS) is 17.0. The quantitative estimate of drug-likeness (QED) is 0.603. The summed E-state index contributed by atoms with van der Waals surface area (Å²) in [7, 11) is 1.62. The monoisotopic (exact) mass is 420 g/mol. The van der Waals surface area contributed by atoms with Crippen molar-refractivity contribution in [3.05, 3.63) is 38.4 Å². The number of Topliss-reactive ketones (excluding diaryl/α,β-unsaturated/α-hetero) is 1. The lowest BCUT2D eigenvalue weighted by Crippen LogP contribution is -2.21.